The summed E-state index contributed by atoms with van der Waals surface area (Å²) in [6, 6.07) is 8.20. The molecule has 0 spiro atoms. The number of aryl methyl sites for hydroxylation is 1. The Labute approximate surface area is 155 Å². The van der Waals surface area contributed by atoms with Gasteiger partial charge >= 0.3 is 6.01 Å². The molecule has 0 bridgehead atoms. The molecular weight excluding hydrogens is 349 g/mol. The molecule has 27 heavy (non-hydrogen) atoms. The van der Waals surface area contributed by atoms with E-state index in [2.05, 4.69) is 15.1 Å². The van der Waals surface area contributed by atoms with Gasteiger partial charge in [-0.15, -0.1) is 0 Å². The smallest absolute Gasteiger partial charge is 0.316 e. The highest BCUT2D eigenvalue weighted by molar-refractivity contribution is 5.94. The first-order valence-corrected chi connectivity index (χ1v) is 8.59. The summed E-state index contributed by atoms with van der Waals surface area (Å²) >= 11 is 0. The minimum atomic E-state index is -0.385. The Kier molecular flexibility index (Phi) is 4.53. The van der Waals surface area contributed by atoms with Crippen molar-refractivity contribution in [2.45, 2.75) is 19.5 Å². The van der Waals surface area contributed by atoms with Crippen LogP contribution in [0.1, 0.15) is 27.7 Å². The number of carbonyl (C=O) groups is 1. The van der Waals surface area contributed by atoms with Gasteiger partial charge in [0.2, 0.25) is 0 Å². The molecule has 0 saturated heterocycles. The van der Waals surface area contributed by atoms with E-state index in [1.54, 1.807) is 48.6 Å². The summed E-state index contributed by atoms with van der Waals surface area (Å²) in [7, 11) is 0. The van der Waals surface area contributed by atoms with Crippen molar-refractivity contribution in [1.29, 1.82) is 0 Å². The fraction of sp³-hybridized carbons (Fsp3) is 0.263. The molecule has 4 rings (SSSR count). The van der Waals surface area contributed by atoms with Crippen LogP contribution in [0.15, 0.2) is 48.9 Å². The van der Waals surface area contributed by atoms with Gasteiger partial charge in [-0.05, 0) is 36.8 Å². The Morgan fingerprint density at radius 2 is 2.07 bits per heavy atom. The minimum absolute atomic E-state index is 0.188. The molecule has 1 unspecified atom stereocenters. The number of benzene rings is 1. The molecule has 7 nitrogen and oxygen atoms in total. The molecule has 0 aliphatic carbocycles. The molecule has 3 aromatic rings. The molecule has 8 heteroatoms. The third-order valence-electron chi connectivity index (χ3n) is 4.54. The average Bonchev–Trinajstić information content (AvgIpc) is 3.17. The van der Waals surface area contributed by atoms with Crippen LogP contribution in [0.25, 0.3) is 0 Å². The zero-order valence-electron chi connectivity index (χ0n) is 14.7. The average molecular weight is 367 g/mol. The molecule has 138 valence electrons. The van der Waals surface area contributed by atoms with Crippen LogP contribution in [0, 0.1) is 12.7 Å². The Hall–Kier alpha value is -3.29. The second-order valence-electron chi connectivity index (χ2n) is 6.41. The van der Waals surface area contributed by atoms with Gasteiger partial charge in [0.15, 0.2) is 0 Å². The lowest BCUT2D eigenvalue weighted by molar-refractivity contribution is 0.0628. The summed E-state index contributed by atoms with van der Waals surface area (Å²) < 4.78 is 21.4. The lowest BCUT2D eigenvalue weighted by Crippen LogP contribution is -2.43. The molecule has 0 saturated carbocycles. The molecule has 1 amide bonds. The Balaban J connectivity index is 1.53. The number of carbonyl (C=O) groups excluding carboxylic acids is 1. The maximum atomic E-state index is 13.9. The molecule has 1 aliphatic heterocycles. The van der Waals surface area contributed by atoms with Gasteiger partial charge in [-0.1, -0.05) is 6.07 Å². The largest absolute Gasteiger partial charge is 0.461 e. The molecule has 3 heterocycles. The first kappa shape index (κ1) is 17.1. The monoisotopic (exact) mass is 367 g/mol. The molecule has 2 aromatic heterocycles. The molecule has 0 fully saturated rings. The second kappa shape index (κ2) is 7.14. The van der Waals surface area contributed by atoms with Gasteiger partial charge in [0.05, 0.1) is 12.2 Å². The molecular formula is C19H18FN5O2. The number of rotatable bonds is 4. The highest BCUT2D eigenvalue weighted by atomic mass is 19.1. The summed E-state index contributed by atoms with van der Waals surface area (Å²) in [6.07, 6.45) is 4.90. The summed E-state index contributed by atoms with van der Waals surface area (Å²) in [5, 5.41) is 4.34. The maximum absolute atomic E-state index is 13.9. The fourth-order valence-corrected chi connectivity index (χ4v) is 3.10. The van der Waals surface area contributed by atoms with Gasteiger partial charge in [0.25, 0.3) is 5.91 Å². The fourth-order valence-electron chi connectivity index (χ4n) is 3.10. The van der Waals surface area contributed by atoms with E-state index in [1.165, 1.54) is 6.07 Å². The summed E-state index contributed by atoms with van der Waals surface area (Å²) in [5.41, 5.74) is 1.74. The summed E-state index contributed by atoms with van der Waals surface area (Å²) in [5.74, 6) is -0.605. The lowest BCUT2D eigenvalue weighted by Gasteiger charge is -2.33. The molecule has 0 radical (unpaired) electrons. The third-order valence-corrected chi connectivity index (χ3v) is 4.54. The normalized spacial score (nSPS) is 16.1. The van der Waals surface area contributed by atoms with Gasteiger partial charge in [0.1, 0.15) is 18.5 Å². The van der Waals surface area contributed by atoms with E-state index < -0.39 is 0 Å². The number of nitrogens with zero attached hydrogens (tertiary/aromatic N) is 5. The number of ether oxygens (including phenoxy) is 1. The standard InChI is InChI=1S/C19H18FN5O2/c1-13-3-4-14(9-17(13)20)18(26)24-10-15-5-8-23-25(15)16(11-24)12-27-19-21-6-2-7-22-19/h2-9,16H,10-12H2,1H3. The number of fused-ring (bicyclic) bond motifs is 1. The van der Waals surface area contributed by atoms with E-state index in [-0.39, 0.29) is 30.4 Å². The lowest BCUT2D eigenvalue weighted by atomic mass is 10.1. The van der Waals surface area contributed by atoms with Crippen molar-refractivity contribution < 1.29 is 13.9 Å². The van der Waals surface area contributed by atoms with Gasteiger partial charge in [-0.25, -0.2) is 14.4 Å². The van der Waals surface area contributed by atoms with Crippen molar-refractivity contribution in [3.8, 4) is 6.01 Å². The quantitative estimate of drug-likeness (QED) is 0.708. The first-order valence-electron chi connectivity index (χ1n) is 8.59. The van der Waals surface area contributed by atoms with Crippen LogP contribution >= 0.6 is 0 Å². The zero-order chi connectivity index (χ0) is 18.8. The Bertz CT molecular complexity index is 960. The van der Waals surface area contributed by atoms with Crippen LogP contribution in [-0.2, 0) is 6.54 Å². The Morgan fingerprint density at radius 3 is 2.85 bits per heavy atom. The summed E-state index contributed by atoms with van der Waals surface area (Å²) in [4.78, 5) is 22.6. The van der Waals surface area contributed by atoms with Gasteiger partial charge in [-0.2, -0.15) is 5.10 Å². The molecule has 1 atom stereocenters. The Morgan fingerprint density at radius 1 is 1.26 bits per heavy atom. The van der Waals surface area contributed by atoms with Crippen LogP contribution < -0.4 is 4.74 Å². The number of amides is 1. The number of halogens is 1. The van der Waals surface area contributed by atoms with Crippen molar-refractivity contribution in [1.82, 2.24) is 24.6 Å². The van der Waals surface area contributed by atoms with Crippen LogP contribution in [0.2, 0.25) is 0 Å². The molecule has 0 N–H and O–H groups in total. The van der Waals surface area contributed by atoms with Crippen molar-refractivity contribution in [3.05, 3.63) is 71.6 Å². The molecule has 1 aromatic carbocycles. The van der Waals surface area contributed by atoms with Gasteiger partial charge in [-0.3, -0.25) is 9.48 Å². The van der Waals surface area contributed by atoms with E-state index in [9.17, 15) is 9.18 Å². The highest BCUT2D eigenvalue weighted by Gasteiger charge is 2.30. The van der Waals surface area contributed by atoms with E-state index in [0.29, 0.717) is 24.2 Å². The summed E-state index contributed by atoms with van der Waals surface area (Å²) in [6.45, 7) is 2.75. The van der Waals surface area contributed by atoms with E-state index in [1.807, 2.05) is 10.7 Å². The van der Waals surface area contributed by atoms with E-state index in [4.69, 9.17) is 4.74 Å². The predicted octanol–water partition coefficient (Wildman–Crippen LogP) is 2.40. The first-order chi connectivity index (χ1) is 13.1. The van der Waals surface area contributed by atoms with E-state index in [0.717, 1.165) is 5.69 Å². The van der Waals surface area contributed by atoms with Crippen LogP contribution in [0.3, 0.4) is 0 Å². The number of hydrogen-bond acceptors (Lipinski definition) is 5. The van der Waals surface area contributed by atoms with Gasteiger partial charge < -0.3 is 9.64 Å². The predicted molar refractivity (Wildman–Crippen MR) is 94.7 cm³/mol. The third kappa shape index (κ3) is 3.51. The highest BCUT2D eigenvalue weighted by Crippen LogP contribution is 2.23. The van der Waals surface area contributed by atoms with Crippen molar-refractivity contribution >= 4 is 5.91 Å². The maximum Gasteiger partial charge on any atom is 0.316 e. The molecule has 1 aliphatic rings. The zero-order valence-corrected chi connectivity index (χ0v) is 14.7. The minimum Gasteiger partial charge on any atom is -0.461 e. The van der Waals surface area contributed by atoms with Crippen LogP contribution in [0.4, 0.5) is 4.39 Å². The number of hydrogen-bond donors (Lipinski definition) is 0. The second-order valence-corrected chi connectivity index (χ2v) is 6.41. The van der Waals surface area contributed by atoms with Crippen LogP contribution in [0.5, 0.6) is 6.01 Å². The van der Waals surface area contributed by atoms with Crippen molar-refractivity contribution in [2.75, 3.05) is 13.2 Å². The SMILES string of the molecule is Cc1ccc(C(=O)N2Cc3ccnn3C(COc3ncccn3)C2)cc1F. The number of aromatic nitrogens is 4. The van der Waals surface area contributed by atoms with Gasteiger partial charge in [0, 0.05) is 30.7 Å². The topological polar surface area (TPSA) is 73.1 Å². The van der Waals surface area contributed by atoms with Crippen molar-refractivity contribution in [3.63, 3.8) is 0 Å². The van der Waals surface area contributed by atoms with E-state index >= 15 is 0 Å². The van der Waals surface area contributed by atoms with Crippen LogP contribution in [-0.4, -0.2) is 43.7 Å². The van der Waals surface area contributed by atoms with Crippen molar-refractivity contribution in [2.24, 2.45) is 0 Å².